The molecule has 0 aromatic heterocycles. The number of hydrogen-bond donors (Lipinski definition) is 1. The Labute approximate surface area is 82.4 Å². The van der Waals surface area contributed by atoms with Crippen LogP contribution in [0.2, 0.25) is 0 Å². The van der Waals surface area contributed by atoms with E-state index >= 15 is 0 Å². The van der Waals surface area contributed by atoms with Gasteiger partial charge in [0.1, 0.15) is 0 Å². The second-order valence-corrected chi connectivity index (χ2v) is 3.82. The van der Waals surface area contributed by atoms with E-state index in [2.05, 4.69) is 5.32 Å². The van der Waals surface area contributed by atoms with E-state index in [0.717, 1.165) is 0 Å². The molecular formula is C9H14N2O3. The Morgan fingerprint density at radius 1 is 1.43 bits per heavy atom. The molecule has 2 saturated heterocycles. The average Bonchev–Trinajstić information content (AvgIpc) is 2.00. The van der Waals surface area contributed by atoms with Crippen LogP contribution in [-0.2, 0) is 14.3 Å². The van der Waals surface area contributed by atoms with Crippen molar-refractivity contribution in [2.45, 2.75) is 24.9 Å². The van der Waals surface area contributed by atoms with Crippen molar-refractivity contribution in [1.29, 1.82) is 0 Å². The van der Waals surface area contributed by atoms with Gasteiger partial charge < -0.3 is 4.74 Å². The highest BCUT2D eigenvalue weighted by Crippen LogP contribution is 2.17. The lowest BCUT2D eigenvalue weighted by molar-refractivity contribution is -0.141. The fourth-order valence-electron chi connectivity index (χ4n) is 1.78. The number of piperidine rings is 1. The molecule has 78 valence electrons. The number of carbonyl (C=O) groups excluding carboxylic acids is 2. The van der Waals surface area contributed by atoms with Gasteiger partial charge in [-0.15, -0.1) is 0 Å². The van der Waals surface area contributed by atoms with Crippen molar-refractivity contribution >= 4 is 11.8 Å². The van der Waals surface area contributed by atoms with Gasteiger partial charge in [-0.2, -0.15) is 0 Å². The van der Waals surface area contributed by atoms with Crippen molar-refractivity contribution in [3.8, 4) is 0 Å². The maximum Gasteiger partial charge on any atom is 0.243 e. The summed E-state index contributed by atoms with van der Waals surface area (Å²) in [6.07, 6.45) is 1.06. The lowest BCUT2D eigenvalue weighted by atomic mass is 10.0. The van der Waals surface area contributed by atoms with E-state index in [1.54, 1.807) is 0 Å². The fourth-order valence-corrected chi connectivity index (χ4v) is 1.78. The topological polar surface area (TPSA) is 58.6 Å². The highest BCUT2D eigenvalue weighted by molar-refractivity contribution is 6.00. The Kier molecular flexibility index (Phi) is 2.52. The molecule has 2 amide bonds. The minimum atomic E-state index is -0.171. The van der Waals surface area contributed by atoms with Gasteiger partial charge in [0.15, 0.2) is 0 Å². The summed E-state index contributed by atoms with van der Waals surface area (Å²) in [6, 6.07) is 0.167. The summed E-state index contributed by atoms with van der Waals surface area (Å²) in [5.41, 5.74) is 0. The van der Waals surface area contributed by atoms with Gasteiger partial charge in [-0.3, -0.25) is 19.8 Å². The second kappa shape index (κ2) is 3.67. The predicted molar refractivity (Wildman–Crippen MR) is 48.5 cm³/mol. The molecule has 0 aliphatic carbocycles. The highest BCUT2D eigenvalue weighted by atomic mass is 16.5. The van der Waals surface area contributed by atoms with Crippen molar-refractivity contribution in [3.63, 3.8) is 0 Å². The van der Waals surface area contributed by atoms with Crippen LogP contribution in [0.3, 0.4) is 0 Å². The van der Waals surface area contributed by atoms with Crippen molar-refractivity contribution in [2.24, 2.45) is 0 Å². The summed E-state index contributed by atoms with van der Waals surface area (Å²) >= 11 is 0. The first-order valence-corrected chi connectivity index (χ1v) is 4.82. The van der Waals surface area contributed by atoms with Gasteiger partial charge in [-0.1, -0.05) is 0 Å². The SMILES string of the molecule is CN(C1COC1)C1CCC(=O)NC1=O. The minimum Gasteiger partial charge on any atom is -0.378 e. The fraction of sp³-hybridized carbons (Fsp3) is 0.778. The molecule has 1 N–H and O–H groups in total. The molecule has 1 unspecified atom stereocenters. The van der Waals surface area contributed by atoms with Gasteiger partial charge in [0.25, 0.3) is 0 Å². The maximum atomic E-state index is 11.5. The lowest BCUT2D eigenvalue weighted by Gasteiger charge is -2.39. The van der Waals surface area contributed by atoms with Gasteiger partial charge in [0, 0.05) is 6.42 Å². The molecule has 2 rings (SSSR count). The quantitative estimate of drug-likeness (QED) is 0.585. The van der Waals surface area contributed by atoms with Crippen LogP contribution in [0.1, 0.15) is 12.8 Å². The summed E-state index contributed by atoms with van der Waals surface area (Å²) in [4.78, 5) is 24.4. The lowest BCUT2D eigenvalue weighted by Crippen LogP contribution is -2.58. The summed E-state index contributed by atoms with van der Waals surface area (Å²) in [5.74, 6) is -0.333. The van der Waals surface area contributed by atoms with Crippen LogP contribution < -0.4 is 5.32 Å². The van der Waals surface area contributed by atoms with Gasteiger partial charge in [0.05, 0.1) is 25.3 Å². The average molecular weight is 198 g/mol. The monoisotopic (exact) mass is 198 g/mol. The Morgan fingerprint density at radius 3 is 2.64 bits per heavy atom. The van der Waals surface area contributed by atoms with E-state index in [4.69, 9.17) is 4.74 Å². The molecule has 2 heterocycles. The molecule has 2 aliphatic rings. The first-order valence-electron chi connectivity index (χ1n) is 4.82. The zero-order chi connectivity index (χ0) is 10.1. The van der Waals surface area contributed by atoms with Crippen LogP contribution in [0, 0.1) is 0 Å². The summed E-state index contributed by atoms with van der Waals surface area (Å²) < 4.78 is 5.06. The summed E-state index contributed by atoms with van der Waals surface area (Å²) in [7, 11) is 1.91. The van der Waals surface area contributed by atoms with E-state index in [0.29, 0.717) is 32.1 Å². The van der Waals surface area contributed by atoms with E-state index in [1.807, 2.05) is 11.9 Å². The molecule has 14 heavy (non-hydrogen) atoms. The highest BCUT2D eigenvalue weighted by Gasteiger charge is 2.35. The third-order valence-corrected chi connectivity index (χ3v) is 2.90. The Bertz CT molecular complexity index is 263. The van der Waals surface area contributed by atoms with Crippen molar-refractivity contribution in [1.82, 2.24) is 10.2 Å². The molecule has 1 atom stereocenters. The normalized spacial score (nSPS) is 28.9. The third kappa shape index (κ3) is 1.65. The Morgan fingerprint density at radius 2 is 2.14 bits per heavy atom. The minimum absolute atomic E-state index is 0.162. The molecule has 0 spiro atoms. The predicted octanol–water partition coefficient (Wildman–Crippen LogP) is -0.878. The zero-order valence-corrected chi connectivity index (χ0v) is 8.16. The molecule has 0 aromatic rings. The van der Waals surface area contributed by atoms with E-state index in [9.17, 15) is 9.59 Å². The van der Waals surface area contributed by atoms with Crippen LogP contribution in [0.15, 0.2) is 0 Å². The molecule has 0 aromatic carbocycles. The van der Waals surface area contributed by atoms with Crippen molar-refractivity contribution in [2.75, 3.05) is 20.3 Å². The van der Waals surface area contributed by atoms with Gasteiger partial charge in [-0.05, 0) is 13.5 Å². The molecule has 5 heteroatoms. The number of nitrogens with one attached hydrogen (secondary N) is 1. The van der Waals surface area contributed by atoms with E-state index in [1.165, 1.54) is 0 Å². The number of likely N-dealkylation sites (N-methyl/N-ethyl adjacent to an activating group) is 1. The zero-order valence-electron chi connectivity index (χ0n) is 8.16. The molecular weight excluding hydrogens is 184 g/mol. The van der Waals surface area contributed by atoms with Crippen molar-refractivity contribution < 1.29 is 14.3 Å². The van der Waals surface area contributed by atoms with Crippen molar-refractivity contribution in [3.05, 3.63) is 0 Å². The number of nitrogens with zero attached hydrogens (tertiary/aromatic N) is 1. The molecule has 5 nitrogen and oxygen atoms in total. The van der Waals surface area contributed by atoms with E-state index < -0.39 is 0 Å². The van der Waals surface area contributed by atoms with Crippen LogP contribution in [0.25, 0.3) is 0 Å². The van der Waals surface area contributed by atoms with Crippen LogP contribution in [0.4, 0.5) is 0 Å². The number of carbonyl (C=O) groups is 2. The number of ether oxygens (including phenoxy) is 1. The molecule has 0 bridgehead atoms. The molecule has 2 fully saturated rings. The van der Waals surface area contributed by atoms with Crippen LogP contribution in [0.5, 0.6) is 0 Å². The van der Waals surface area contributed by atoms with Gasteiger partial charge in [0.2, 0.25) is 11.8 Å². The van der Waals surface area contributed by atoms with Gasteiger partial charge in [-0.25, -0.2) is 0 Å². The second-order valence-electron chi connectivity index (χ2n) is 3.82. The first-order chi connectivity index (χ1) is 6.68. The number of amides is 2. The number of hydrogen-bond acceptors (Lipinski definition) is 4. The Balaban J connectivity index is 1.95. The third-order valence-electron chi connectivity index (χ3n) is 2.90. The van der Waals surface area contributed by atoms with Gasteiger partial charge >= 0.3 is 0 Å². The first kappa shape index (κ1) is 9.61. The molecule has 0 radical (unpaired) electrons. The molecule has 2 aliphatic heterocycles. The summed E-state index contributed by atoms with van der Waals surface area (Å²) in [5, 5.41) is 2.35. The van der Waals surface area contributed by atoms with Crippen LogP contribution in [-0.4, -0.2) is 49.1 Å². The van der Waals surface area contributed by atoms with E-state index in [-0.39, 0.29) is 17.9 Å². The number of rotatable bonds is 2. The smallest absolute Gasteiger partial charge is 0.243 e. The standard InChI is InChI=1S/C9H14N2O3/c1-11(6-4-14-5-6)7-2-3-8(12)10-9(7)13/h6-7H,2-5H2,1H3,(H,10,12,13). The largest absolute Gasteiger partial charge is 0.378 e. The molecule has 0 saturated carbocycles. The number of imide groups is 1. The maximum absolute atomic E-state index is 11.5. The Hall–Kier alpha value is -0.940. The summed E-state index contributed by atoms with van der Waals surface area (Å²) in [6.45, 7) is 1.38. The van der Waals surface area contributed by atoms with Crippen LogP contribution >= 0.6 is 0 Å².